The molecule has 1 amide bonds. The van der Waals surface area contributed by atoms with Gasteiger partial charge in [-0.05, 0) is 19.3 Å². The summed E-state index contributed by atoms with van der Waals surface area (Å²) < 4.78 is 22.0. The monoisotopic (exact) mass is 759 g/mol. The molecule has 0 spiro atoms. The number of phosphoric acid groups is 1. The van der Waals surface area contributed by atoms with Crippen LogP contribution in [-0.2, 0) is 18.4 Å². The molecule has 9 nitrogen and oxygen atoms in total. The quantitative estimate of drug-likeness (QED) is 0.0235. The standard InChI is InChI=1S/C42H83N2O7P/c1-3-5-7-9-11-13-15-16-17-18-19-20-21-22-23-25-27-29-31-33-35-41(46)42(47)44-39(38-51-52(48,49)50-37-36-43)40(45)34-32-30-28-26-24-14-12-10-8-6-4-2/h28,30,32,34,39-41,45-46H,3-27,29,31,33,35-38,43H2,1-2H3,(H,44,47)(H,48,49)/b30-28+,34-32+/t39-,40+,41?/m0/s1. The summed E-state index contributed by atoms with van der Waals surface area (Å²) in [5, 5.41) is 23.9. The molecule has 0 fully saturated rings. The lowest BCUT2D eigenvalue weighted by Crippen LogP contribution is -2.49. The minimum Gasteiger partial charge on any atom is -0.387 e. The Morgan fingerprint density at radius 1 is 0.654 bits per heavy atom. The van der Waals surface area contributed by atoms with E-state index in [0.29, 0.717) is 6.42 Å². The SMILES string of the molecule is CCCCCCCCC/C=C/C=C/[C@@H](O)[C@H](COP(=O)(O)OCCN)NC(=O)C(O)CCCCCCCCCCCCCCCCCCCCCC. The van der Waals surface area contributed by atoms with Crippen molar-refractivity contribution in [3.8, 4) is 0 Å². The summed E-state index contributed by atoms with van der Waals surface area (Å²) in [5.74, 6) is -0.649. The van der Waals surface area contributed by atoms with Gasteiger partial charge in [-0.15, -0.1) is 0 Å². The molecule has 0 rings (SSSR count). The van der Waals surface area contributed by atoms with Crippen molar-refractivity contribution in [2.75, 3.05) is 19.8 Å². The molecule has 0 aliphatic rings. The molecule has 0 saturated carbocycles. The van der Waals surface area contributed by atoms with E-state index in [1.54, 1.807) is 6.08 Å². The van der Waals surface area contributed by atoms with Crippen LogP contribution in [0.5, 0.6) is 0 Å². The smallest absolute Gasteiger partial charge is 0.387 e. The molecule has 0 aromatic carbocycles. The van der Waals surface area contributed by atoms with Gasteiger partial charge in [-0.1, -0.05) is 205 Å². The van der Waals surface area contributed by atoms with Gasteiger partial charge in [0.05, 0.1) is 25.4 Å². The molecule has 0 aromatic heterocycles. The van der Waals surface area contributed by atoms with Gasteiger partial charge >= 0.3 is 7.82 Å². The van der Waals surface area contributed by atoms with Gasteiger partial charge in [-0.25, -0.2) is 4.57 Å². The highest BCUT2D eigenvalue weighted by Gasteiger charge is 2.28. The first-order valence-electron chi connectivity index (χ1n) is 21.6. The van der Waals surface area contributed by atoms with Gasteiger partial charge in [0, 0.05) is 6.54 Å². The second-order valence-corrected chi connectivity index (χ2v) is 16.2. The highest BCUT2D eigenvalue weighted by Crippen LogP contribution is 2.43. The average molecular weight is 759 g/mol. The fourth-order valence-corrected chi connectivity index (χ4v) is 7.07. The number of hydrogen-bond acceptors (Lipinski definition) is 7. The fourth-order valence-electron chi connectivity index (χ4n) is 6.31. The largest absolute Gasteiger partial charge is 0.472 e. The van der Waals surface area contributed by atoms with E-state index in [4.69, 9.17) is 14.8 Å². The number of carbonyl (C=O) groups is 1. The van der Waals surface area contributed by atoms with Gasteiger partial charge < -0.3 is 26.2 Å². The number of phosphoric ester groups is 1. The van der Waals surface area contributed by atoms with Crippen LogP contribution in [-0.4, -0.2) is 59.0 Å². The number of amides is 1. The van der Waals surface area contributed by atoms with Crippen LogP contribution in [0.3, 0.4) is 0 Å². The first-order valence-corrected chi connectivity index (χ1v) is 23.1. The van der Waals surface area contributed by atoms with Crippen molar-refractivity contribution in [3.05, 3.63) is 24.3 Å². The minimum atomic E-state index is -4.42. The van der Waals surface area contributed by atoms with Crippen LogP contribution >= 0.6 is 7.82 Å². The van der Waals surface area contributed by atoms with Crippen LogP contribution in [0.25, 0.3) is 0 Å². The first-order chi connectivity index (χ1) is 25.3. The van der Waals surface area contributed by atoms with Crippen LogP contribution < -0.4 is 11.1 Å². The zero-order valence-electron chi connectivity index (χ0n) is 33.7. The summed E-state index contributed by atoms with van der Waals surface area (Å²) in [4.78, 5) is 22.7. The number of hydrogen-bond donors (Lipinski definition) is 5. The summed E-state index contributed by atoms with van der Waals surface area (Å²) in [6.45, 7) is 3.87. The second-order valence-electron chi connectivity index (χ2n) is 14.7. The van der Waals surface area contributed by atoms with E-state index in [0.717, 1.165) is 32.1 Å². The number of nitrogens with one attached hydrogen (secondary N) is 1. The molecule has 0 aromatic rings. The maximum absolute atomic E-state index is 12.8. The lowest BCUT2D eigenvalue weighted by atomic mass is 10.0. The maximum atomic E-state index is 12.8. The molecule has 308 valence electrons. The van der Waals surface area contributed by atoms with Gasteiger partial charge in [-0.2, -0.15) is 0 Å². The van der Waals surface area contributed by atoms with Crippen molar-refractivity contribution in [2.45, 2.75) is 218 Å². The van der Waals surface area contributed by atoms with Crippen molar-refractivity contribution in [3.63, 3.8) is 0 Å². The molecular weight excluding hydrogens is 675 g/mol. The molecule has 10 heteroatoms. The molecule has 4 atom stereocenters. The molecule has 6 N–H and O–H groups in total. The number of nitrogens with two attached hydrogens (primary N) is 1. The Morgan fingerprint density at radius 2 is 1.08 bits per heavy atom. The number of aliphatic hydroxyl groups excluding tert-OH is 2. The van der Waals surface area contributed by atoms with Crippen molar-refractivity contribution < 1.29 is 33.5 Å². The maximum Gasteiger partial charge on any atom is 0.472 e. The van der Waals surface area contributed by atoms with Crippen LogP contribution in [0.2, 0.25) is 0 Å². The summed E-state index contributed by atoms with van der Waals surface area (Å²) >= 11 is 0. The fraction of sp³-hybridized carbons (Fsp3) is 0.881. The Hall–Kier alpha value is -1.06. The first kappa shape index (κ1) is 50.9. The van der Waals surface area contributed by atoms with Crippen LogP contribution in [0, 0.1) is 0 Å². The predicted molar refractivity (Wildman–Crippen MR) is 218 cm³/mol. The third-order valence-corrected chi connectivity index (χ3v) is 10.7. The molecule has 0 aliphatic carbocycles. The van der Waals surface area contributed by atoms with Crippen LogP contribution in [0.1, 0.15) is 200 Å². The van der Waals surface area contributed by atoms with E-state index in [-0.39, 0.29) is 13.2 Å². The molecule has 0 radical (unpaired) electrons. The molecule has 2 unspecified atom stereocenters. The third-order valence-electron chi connectivity index (χ3n) is 9.69. The van der Waals surface area contributed by atoms with E-state index in [1.807, 2.05) is 12.2 Å². The minimum absolute atomic E-state index is 0.0380. The lowest BCUT2D eigenvalue weighted by Gasteiger charge is -2.24. The number of rotatable bonds is 40. The van der Waals surface area contributed by atoms with Gasteiger partial charge in [0.2, 0.25) is 5.91 Å². The van der Waals surface area contributed by atoms with Crippen molar-refractivity contribution in [2.24, 2.45) is 5.73 Å². The van der Waals surface area contributed by atoms with E-state index in [1.165, 1.54) is 154 Å². The number of aliphatic hydroxyl groups is 2. The van der Waals surface area contributed by atoms with Crippen molar-refractivity contribution in [1.29, 1.82) is 0 Å². The summed E-state index contributed by atoms with van der Waals surface area (Å²) in [6.07, 6.45) is 40.3. The highest BCUT2D eigenvalue weighted by molar-refractivity contribution is 7.47. The Morgan fingerprint density at radius 3 is 1.52 bits per heavy atom. The Bertz CT molecular complexity index is 888. The third kappa shape index (κ3) is 34.7. The molecule has 0 bridgehead atoms. The summed E-state index contributed by atoms with van der Waals surface area (Å²) in [5.41, 5.74) is 5.35. The van der Waals surface area contributed by atoms with Crippen molar-refractivity contribution >= 4 is 13.7 Å². The topological polar surface area (TPSA) is 151 Å². The number of unbranched alkanes of at least 4 members (excludes halogenated alkanes) is 26. The summed E-state index contributed by atoms with van der Waals surface area (Å²) in [7, 11) is -4.42. The molecule has 0 saturated heterocycles. The van der Waals surface area contributed by atoms with E-state index in [9.17, 15) is 24.5 Å². The predicted octanol–water partition coefficient (Wildman–Crippen LogP) is 10.8. The summed E-state index contributed by atoms with van der Waals surface area (Å²) in [6, 6.07) is -1.06. The molecule has 0 aliphatic heterocycles. The molecule has 52 heavy (non-hydrogen) atoms. The molecule has 0 heterocycles. The lowest BCUT2D eigenvalue weighted by molar-refractivity contribution is -0.131. The van der Waals surface area contributed by atoms with Crippen molar-refractivity contribution in [1.82, 2.24) is 5.32 Å². The van der Waals surface area contributed by atoms with Crippen LogP contribution in [0.4, 0.5) is 0 Å². The highest BCUT2D eigenvalue weighted by atomic mass is 31.2. The van der Waals surface area contributed by atoms with Gasteiger partial charge in [-0.3, -0.25) is 13.8 Å². The number of allylic oxidation sites excluding steroid dienone is 3. The van der Waals surface area contributed by atoms with Gasteiger partial charge in [0.15, 0.2) is 0 Å². The van der Waals surface area contributed by atoms with Crippen LogP contribution in [0.15, 0.2) is 24.3 Å². The molecular formula is C42H83N2O7P. The van der Waals surface area contributed by atoms with Gasteiger partial charge in [0.25, 0.3) is 0 Å². The zero-order valence-corrected chi connectivity index (χ0v) is 34.6. The normalized spacial score (nSPS) is 15.0. The van der Waals surface area contributed by atoms with E-state index < -0.39 is 38.6 Å². The zero-order chi connectivity index (χ0) is 38.4. The van der Waals surface area contributed by atoms with Gasteiger partial charge in [0.1, 0.15) is 6.10 Å². The Labute approximate surface area is 320 Å². The van der Waals surface area contributed by atoms with E-state index in [2.05, 4.69) is 19.2 Å². The average Bonchev–Trinajstić information content (AvgIpc) is 3.13. The second kappa shape index (κ2) is 38.2. The van der Waals surface area contributed by atoms with E-state index >= 15 is 0 Å². The number of carbonyl (C=O) groups excluding carboxylic acids is 1. The Balaban J connectivity index is 4.25. The Kier molecular flexibility index (Phi) is 37.4.